The molecular weight excluding hydrogens is 234 g/mol. The van der Waals surface area contributed by atoms with Crippen LogP contribution in [0.3, 0.4) is 0 Å². The molecule has 2 rings (SSSR count). The fraction of sp³-hybridized carbons (Fsp3) is 0.647. The zero-order valence-corrected chi connectivity index (χ0v) is 12.3. The Morgan fingerprint density at radius 1 is 1.26 bits per heavy atom. The lowest BCUT2D eigenvalue weighted by molar-refractivity contribution is 0.199. The van der Waals surface area contributed by atoms with Crippen LogP contribution in [0.4, 0.5) is 5.69 Å². The molecule has 1 aliphatic heterocycles. The molecule has 0 amide bonds. The lowest BCUT2D eigenvalue weighted by Crippen LogP contribution is -2.25. The molecule has 1 fully saturated rings. The van der Waals surface area contributed by atoms with Crippen LogP contribution in [0.5, 0.6) is 0 Å². The third-order valence-electron chi connectivity index (χ3n) is 4.27. The standard InChI is InChI=1S/C17H27NO/c1-3-7-15-8-6-12-18(13-11-15)17-10-5-4-9-16(17)14(2)19/h4-5,9-10,14-15,19H,3,6-8,11-13H2,1-2H3/t14-,15?/m0/s1. The highest BCUT2D eigenvalue weighted by Gasteiger charge is 2.19. The van der Waals surface area contributed by atoms with Crippen molar-refractivity contribution in [1.82, 2.24) is 0 Å². The van der Waals surface area contributed by atoms with Crippen molar-refractivity contribution >= 4 is 5.69 Å². The van der Waals surface area contributed by atoms with Crippen molar-refractivity contribution in [3.05, 3.63) is 29.8 Å². The molecule has 1 saturated heterocycles. The quantitative estimate of drug-likeness (QED) is 0.880. The minimum absolute atomic E-state index is 0.383. The fourth-order valence-corrected chi connectivity index (χ4v) is 3.23. The molecule has 1 aliphatic rings. The van der Waals surface area contributed by atoms with E-state index in [0.29, 0.717) is 0 Å². The van der Waals surface area contributed by atoms with E-state index < -0.39 is 0 Å². The molecule has 0 saturated carbocycles. The predicted molar refractivity (Wildman–Crippen MR) is 81.5 cm³/mol. The maximum Gasteiger partial charge on any atom is 0.0781 e. The summed E-state index contributed by atoms with van der Waals surface area (Å²) in [6.07, 6.45) is 6.22. The van der Waals surface area contributed by atoms with Crippen molar-refractivity contribution in [2.45, 2.75) is 52.1 Å². The summed E-state index contributed by atoms with van der Waals surface area (Å²) in [4.78, 5) is 2.47. The second-order valence-corrected chi connectivity index (χ2v) is 5.81. The molecule has 1 aromatic rings. The van der Waals surface area contributed by atoms with E-state index >= 15 is 0 Å². The van der Waals surface area contributed by atoms with E-state index in [1.807, 2.05) is 13.0 Å². The molecule has 0 radical (unpaired) electrons. The average molecular weight is 261 g/mol. The largest absolute Gasteiger partial charge is 0.389 e. The highest BCUT2D eigenvalue weighted by molar-refractivity contribution is 5.54. The van der Waals surface area contributed by atoms with E-state index in [1.165, 1.54) is 37.8 Å². The Morgan fingerprint density at radius 3 is 2.79 bits per heavy atom. The first-order valence-electron chi connectivity index (χ1n) is 7.74. The van der Waals surface area contributed by atoms with Gasteiger partial charge in [-0.05, 0) is 38.2 Å². The minimum atomic E-state index is -0.383. The van der Waals surface area contributed by atoms with Crippen LogP contribution in [0.15, 0.2) is 24.3 Å². The number of aliphatic hydroxyl groups is 1. The Morgan fingerprint density at radius 2 is 2.05 bits per heavy atom. The molecule has 106 valence electrons. The Hall–Kier alpha value is -1.02. The zero-order chi connectivity index (χ0) is 13.7. The van der Waals surface area contributed by atoms with Crippen molar-refractivity contribution in [3.8, 4) is 0 Å². The number of hydrogen-bond donors (Lipinski definition) is 1. The van der Waals surface area contributed by atoms with Gasteiger partial charge < -0.3 is 10.0 Å². The average Bonchev–Trinajstić information content (AvgIpc) is 2.65. The first-order valence-corrected chi connectivity index (χ1v) is 7.74. The van der Waals surface area contributed by atoms with Gasteiger partial charge in [0.05, 0.1) is 6.10 Å². The van der Waals surface area contributed by atoms with Crippen molar-refractivity contribution in [2.75, 3.05) is 18.0 Å². The molecule has 19 heavy (non-hydrogen) atoms. The number of benzene rings is 1. The van der Waals surface area contributed by atoms with E-state index in [4.69, 9.17) is 0 Å². The fourth-order valence-electron chi connectivity index (χ4n) is 3.23. The smallest absolute Gasteiger partial charge is 0.0781 e. The van der Waals surface area contributed by atoms with E-state index in [0.717, 1.165) is 24.6 Å². The topological polar surface area (TPSA) is 23.5 Å². The Balaban J connectivity index is 2.10. The van der Waals surface area contributed by atoms with E-state index in [-0.39, 0.29) is 6.10 Å². The minimum Gasteiger partial charge on any atom is -0.389 e. The Kier molecular flexibility index (Phi) is 5.26. The van der Waals surface area contributed by atoms with Crippen LogP contribution >= 0.6 is 0 Å². The van der Waals surface area contributed by atoms with E-state index in [2.05, 4.69) is 30.0 Å². The second kappa shape index (κ2) is 6.95. The number of para-hydroxylation sites is 1. The molecule has 2 heteroatoms. The van der Waals surface area contributed by atoms with Crippen LogP contribution in [0, 0.1) is 5.92 Å². The van der Waals surface area contributed by atoms with Gasteiger partial charge >= 0.3 is 0 Å². The Labute approximate surface area is 117 Å². The summed E-state index contributed by atoms with van der Waals surface area (Å²) in [5, 5.41) is 9.92. The van der Waals surface area contributed by atoms with Crippen LogP contribution in [-0.2, 0) is 0 Å². The molecule has 2 atom stereocenters. The van der Waals surface area contributed by atoms with Gasteiger partial charge in [-0.15, -0.1) is 0 Å². The molecule has 1 heterocycles. The van der Waals surface area contributed by atoms with Crippen molar-refractivity contribution in [2.24, 2.45) is 5.92 Å². The van der Waals surface area contributed by atoms with Gasteiger partial charge in [-0.1, -0.05) is 38.0 Å². The summed E-state index contributed by atoms with van der Waals surface area (Å²) >= 11 is 0. The third kappa shape index (κ3) is 3.73. The summed E-state index contributed by atoms with van der Waals surface area (Å²) in [5.41, 5.74) is 2.30. The SMILES string of the molecule is CCCC1CCCN(c2ccccc2[C@H](C)O)CC1. The molecule has 0 aliphatic carbocycles. The number of rotatable bonds is 4. The van der Waals surface area contributed by atoms with Crippen LogP contribution in [0.1, 0.15) is 57.6 Å². The number of nitrogens with zero attached hydrogens (tertiary/aromatic N) is 1. The number of anilines is 1. The summed E-state index contributed by atoms with van der Waals surface area (Å²) < 4.78 is 0. The maximum absolute atomic E-state index is 9.92. The first-order chi connectivity index (χ1) is 9.22. The van der Waals surface area contributed by atoms with Gasteiger partial charge in [-0.25, -0.2) is 0 Å². The predicted octanol–water partition coefficient (Wildman–Crippen LogP) is 4.15. The maximum atomic E-state index is 9.92. The van der Waals surface area contributed by atoms with Crippen LogP contribution in [0.25, 0.3) is 0 Å². The molecule has 1 aromatic carbocycles. The molecular formula is C17H27NO. The molecule has 2 nitrogen and oxygen atoms in total. The van der Waals surface area contributed by atoms with E-state index in [9.17, 15) is 5.11 Å². The van der Waals surface area contributed by atoms with Gasteiger partial charge in [0, 0.05) is 24.3 Å². The monoisotopic (exact) mass is 261 g/mol. The second-order valence-electron chi connectivity index (χ2n) is 5.81. The Bertz CT molecular complexity index is 389. The van der Waals surface area contributed by atoms with Gasteiger partial charge in [0.25, 0.3) is 0 Å². The van der Waals surface area contributed by atoms with Gasteiger partial charge in [0.2, 0.25) is 0 Å². The molecule has 1 N–H and O–H groups in total. The summed E-state index contributed by atoms with van der Waals surface area (Å²) in [6.45, 7) is 6.40. The summed E-state index contributed by atoms with van der Waals surface area (Å²) in [5.74, 6) is 0.897. The van der Waals surface area contributed by atoms with E-state index in [1.54, 1.807) is 0 Å². The zero-order valence-electron chi connectivity index (χ0n) is 12.3. The molecule has 0 bridgehead atoms. The highest BCUT2D eigenvalue weighted by Crippen LogP contribution is 2.30. The molecule has 0 spiro atoms. The lowest BCUT2D eigenvalue weighted by Gasteiger charge is -2.26. The van der Waals surface area contributed by atoms with Gasteiger partial charge in [-0.3, -0.25) is 0 Å². The van der Waals surface area contributed by atoms with Gasteiger partial charge in [-0.2, -0.15) is 0 Å². The van der Waals surface area contributed by atoms with Crippen molar-refractivity contribution in [1.29, 1.82) is 0 Å². The number of hydrogen-bond acceptors (Lipinski definition) is 2. The summed E-state index contributed by atoms with van der Waals surface area (Å²) in [6, 6.07) is 8.30. The third-order valence-corrected chi connectivity index (χ3v) is 4.27. The van der Waals surface area contributed by atoms with Gasteiger partial charge in [0.15, 0.2) is 0 Å². The number of aliphatic hydroxyl groups excluding tert-OH is 1. The van der Waals surface area contributed by atoms with Crippen LogP contribution < -0.4 is 4.90 Å². The van der Waals surface area contributed by atoms with Crippen LogP contribution in [-0.4, -0.2) is 18.2 Å². The highest BCUT2D eigenvalue weighted by atomic mass is 16.3. The first kappa shape index (κ1) is 14.4. The van der Waals surface area contributed by atoms with Crippen molar-refractivity contribution < 1.29 is 5.11 Å². The van der Waals surface area contributed by atoms with Gasteiger partial charge in [0.1, 0.15) is 0 Å². The van der Waals surface area contributed by atoms with Crippen LogP contribution in [0.2, 0.25) is 0 Å². The summed E-state index contributed by atoms with van der Waals surface area (Å²) in [7, 11) is 0. The molecule has 1 unspecified atom stereocenters. The lowest BCUT2D eigenvalue weighted by atomic mass is 9.96. The van der Waals surface area contributed by atoms with Crippen molar-refractivity contribution in [3.63, 3.8) is 0 Å². The molecule has 0 aromatic heterocycles. The normalized spacial score (nSPS) is 22.1.